The zero-order valence-electron chi connectivity index (χ0n) is 9.98. The lowest BCUT2D eigenvalue weighted by Gasteiger charge is -2.11. The highest BCUT2D eigenvalue weighted by atomic mass is 79.9. The average Bonchev–Trinajstić information content (AvgIpc) is 2.32. The van der Waals surface area contributed by atoms with Gasteiger partial charge in [0.2, 0.25) is 5.88 Å². The highest BCUT2D eigenvalue weighted by Gasteiger charge is 2.12. The molecule has 0 spiro atoms. The maximum Gasteiger partial charge on any atom is 0.229 e. The minimum absolute atomic E-state index is 0.195. The number of hydrogen-bond donors (Lipinski definition) is 1. The highest BCUT2D eigenvalue weighted by molar-refractivity contribution is 9.10. The quantitative estimate of drug-likeness (QED) is 0.865. The Morgan fingerprint density at radius 3 is 2.74 bits per heavy atom. The molecule has 0 saturated carbocycles. The van der Waals surface area contributed by atoms with E-state index in [0.717, 1.165) is 5.69 Å². The monoisotopic (exact) mass is 340 g/mol. The third-order valence-electron chi connectivity index (χ3n) is 2.37. The molecule has 19 heavy (non-hydrogen) atoms. The van der Waals surface area contributed by atoms with E-state index >= 15 is 0 Å². The molecule has 0 aliphatic carbocycles. The van der Waals surface area contributed by atoms with Crippen LogP contribution >= 0.6 is 28.1 Å². The van der Waals surface area contributed by atoms with Gasteiger partial charge in [-0.3, -0.25) is 0 Å². The summed E-state index contributed by atoms with van der Waals surface area (Å²) in [4.78, 5) is 4.44. The average molecular weight is 341 g/mol. The van der Waals surface area contributed by atoms with Crippen LogP contribution in [0.15, 0.2) is 34.8 Å². The minimum atomic E-state index is -0.356. The van der Waals surface area contributed by atoms with Gasteiger partial charge in [-0.15, -0.1) is 0 Å². The number of nitrogens with zero attached hydrogens (tertiary/aromatic N) is 1. The zero-order valence-corrected chi connectivity index (χ0v) is 12.4. The molecule has 2 N–H and O–H groups in total. The first kappa shape index (κ1) is 13.9. The molecule has 1 aromatic heterocycles. The lowest BCUT2D eigenvalue weighted by Crippen LogP contribution is -2.12. The molecule has 0 aliphatic rings. The SMILES string of the molecule is Cc1ccc(C(N)=S)c(Oc2ccc(F)cc2Br)n1. The summed E-state index contributed by atoms with van der Waals surface area (Å²) >= 11 is 8.18. The van der Waals surface area contributed by atoms with Gasteiger partial charge in [0.25, 0.3) is 0 Å². The van der Waals surface area contributed by atoms with Gasteiger partial charge in [-0.2, -0.15) is 0 Å². The van der Waals surface area contributed by atoms with Crippen LogP contribution in [0.1, 0.15) is 11.3 Å². The number of thiocarbonyl (C=S) groups is 1. The molecular formula is C13H10BrFN2OS. The Morgan fingerprint density at radius 2 is 2.11 bits per heavy atom. The molecule has 2 aromatic rings. The fourth-order valence-electron chi connectivity index (χ4n) is 1.46. The summed E-state index contributed by atoms with van der Waals surface area (Å²) in [6.07, 6.45) is 0. The number of ether oxygens (including phenoxy) is 1. The van der Waals surface area contributed by atoms with Crippen molar-refractivity contribution in [3.63, 3.8) is 0 Å². The van der Waals surface area contributed by atoms with Gasteiger partial charge in [-0.25, -0.2) is 9.37 Å². The lowest BCUT2D eigenvalue weighted by molar-refractivity contribution is 0.456. The normalized spacial score (nSPS) is 10.3. The van der Waals surface area contributed by atoms with Gasteiger partial charge in [0, 0.05) is 5.69 Å². The number of rotatable bonds is 3. The van der Waals surface area contributed by atoms with Gasteiger partial charge < -0.3 is 10.5 Å². The first-order chi connectivity index (χ1) is 8.97. The fraction of sp³-hybridized carbons (Fsp3) is 0.0769. The molecule has 0 atom stereocenters. The smallest absolute Gasteiger partial charge is 0.229 e. The second-order valence-electron chi connectivity index (χ2n) is 3.85. The third-order valence-corrected chi connectivity index (χ3v) is 3.21. The molecule has 98 valence electrons. The largest absolute Gasteiger partial charge is 0.437 e. The van der Waals surface area contributed by atoms with E-state index in [1.807, 2.05) is 6.92 Å². The summed E-state index contributed by atoms with van der Waals surface area (Å²) in [5.74, 6) is 0.391. The van der Waals surface area contributed by atoms with Gasteiger partial charge in [0.15, 0.2) is 0 Å². The molecule has 0 fully saturated rings. The van der Waals surface area contributed by atoms with Crippen molar-refractivity contribution in [3.8, 4) is 11.6 Å². The Morgan fingerprint density at radius 1 is 1.37 bits per heavy atom. The Bertz CT molecular complexity index is 649. The van der Waals surface area contributed by atoms with Crippen molar-refractivity contribution >= 4 is 33.1 Å². The van der Waals surface area contributed by atoms with Gasteiger partial charge in [0.1, 0.15) is 16.6 Å². The summed E-state index contributed by atoms with van der Waals surface area (Å²) < 4.78 is 19.2. The van der Waals surface area contributed by atoms with Crippen LogP contribution in [-0.2, 0) is 0 Å². The second-order valence-corrected chi connectivity index (χ2v) is 5.14. The molecule has 0 amide bonds. The Labute approximate surface area is 123 Å². The van der Waals surface area contributed by atoms with E-state index in [9.17, 15) is 4.39 Å². The molecule has 1 heterocycles. The Balaban J connectivity index is 2.42. The van der Waals surface area contributed by atoms with Crippen LogP contribution in [0.2, 0.25) is 0 Å². The van der Waals surface area contributed by atoms with Crippen LogP contribution in [0, 0.1) is 12.7 Å². The topological polar surface area (TPSA) is 48.1 Å². The Hall–Kier alpha value is -1.53. The first-order valence-electron chi connectivity index (χ1n) is 5.37. The molecule has 0 radical (unpaired) electrons. The summed E-state index contributed by atoms with van der Waals surface area (Å²) in [6, 6.07) is 7.66. The number of benzene rings is 1. The number of pyridine rings is 1. The molecule has 1 aromatic carbocycles. The van der Waals surface area contributed by atoms with E-state index in [1.54, 1.807) is 12.1 Å². The van der Waals surface area contributed by atoms with E-state index in [2.05, 4.69) is 20.9 Å². The Kier molecular flexibility index (Phi) is 4.11. The summed E-state index contributed by atoms with van der Waals surface area (Å²) in [6.45, 7) is 1.83. The van der Waals surface area contributed by atoms with Crippen LogP contribution in [0.3, 0.4) is 0 Å². The van der Waals surface area contributed by atoms with Crippen LogP contribution in [-0.4, -0.2) is 9.97 Å². The third kappa shape index (κ3) is 3.27. The summed E-state index contributed by atoms with van der Waals surface area (Å²) in [7, 11) is 0. The first-order valence-corrected chi connectivity index (χ1v) is 6.58. The summed E-state index contributed by atoms with van der Waals surface area (Å²) in [5, 5.41) is 0. The van der Waals surface area contributed by atoms with E-state index in [-0.39, 0.29) is 10.8 Å². The molecule has 0 saturated heterocycles. The highest BCUT2D eigenvalue weighted by Crippen LogP contribution is 2.31. The van der Waals surface area contributed by atoms with Crippen molar-refractivity contribution in [3.05, 3.63) is 51.9 Å². The van der Waals surface area contributed by atoms with Crippen LogP contribution in [0.5, 0.6) is 11.6 Å². The maximum atomic E-state index is 13.0. The number of aromatic nitrogens is 1. The second kappa shape index (κ2) is 5.63. The van der Waals surface area contributed by atoms with Gasteiger partial charge in [0.05, 0.1) is 10.0 Å². The number of halogens is 2. The molecule has 0 aliphatic heterocycles. The molecule has 6 heteroatoms. The molecule has 0 unspecified atom stereocenters. The van der Waals surface area contributed by atoms with Crippen molar-refractivity contribution in [2.45, 2.75) is 6.92 Å². The van der Waals surface area contributed by atoms with Crippen molar-refractivity contribution in [1.82, 2.24) is 4.98 Å². The number of nitrogens with two attached hydrogens (primary N) is 1. The molecular weight excluding hydrogens is 331 g/mol. The summed E-state index contributed by atoms with van der Waals surface area (Å²) in [5.41, 5.74) is 6.93. The molecule has 2 rings (SSSR count). The lowest BCUT2D eigenvalue weighted by atomic mass is 10.2. The van der Waals surface area contributed by atoms with Crippen molar-refractivity contribution in [1.29, 1.82) is 0 Å². The number of aryl methyl sites for hydroxylation is 1. The standard InChI is InChI=1S/C13H10BrFN2OS/c1-7-2-4-9(12(16)19)13(17-7)18-11-5-3-8(15)6-10(11)14/h2-6H,1H3,(H2,16,19). The predicted octanol–water partition coefficient (Wildman–Crippen LogP) is 3.72. The van der Waals surface area contributed by atoms with Crippen LogP contribution in [0.4, 0.5) is 4.39 Å². The van der Waals surface area contributed by atoms with Crippen molar-refractivity contribution < 1.29 is 9.13 Å². The van der Waals surface area contributed by atoms with E-state index in [0.29, 0.717) is 21.7 Å². The van der Waals surface area contributed by atoms with E-state index < -0.39 is 0 Å². The van der Waals surface area contributed by atoms with Gasteiger partial charge in [-0.05, 0) is 53.2 Å². The van der Waals surface area contributed by atoms with Gasteiger partial charge in [-0.1, -0.05) is 12.2 Å². The zero-order chi connectivity index (χ0) is 14.0. The molecule has 3 nitrogen and oxygen atoms in total. The minimum Gasteiger partial charge on any atom is -0.437 e. The molecule has 0 bridgehead atoms. The van der Waals surface area contributed by atoms with Crippen LogP contribution in [0.25, 0.3) is 0 Å². The van der Waals surface area contributed by atoms with Gasteiger partial charge >= 0.3 is 0 Å². The van der Waals surface area contributed by atoms with E-state index in [1.165, 1.54) is 18.2 Å². The van der Waals surface area contributed by atoms with Crippen molar-refractivity contribution in [2.24, 2.45) is 5.73 Å². The number of hydrogen-bond acceptors (Lipinski definition) is 3. The van der Waals surface area contributed by atoms with E-state index in [4.69, 9.17) is 22.7 Å². The predicted molar refractivity (Wildman–Crippen MR) is 79.0 cm³/mol. The fourth-order valence-corrected chi connectivity index (χ4v) is 2.05. The maximum absolute atomic E-state index is 13.0. The van der Waals surface area contributed by atoms with Crippen molar-refractivity contribution in [2.75, 3.05) is 0 Å². The van der Waals surface area contributed by atoms with Crippen LogP contribution < -0.4 is 10.5 Å².